The highest BCUT2D eigenvalue weighted by Gasteiger charge is 2.16. The molecule has 0 heterocycles. The van der Waals surface area contributed by atoms with Crippen LogP contribution in [-0.4, -0.2) is 7.11 Å². The Kier molecular flexibility index (Phi) is 3.21. The van der Waals surface area contributed by atoms with Gasteiger partial charge in [0.15, 0.2) is 11.5 Å². The van der Waals surface area contributed by atoms with Crippen LogP contribution in [0.15, 0.2) is 18.2 Å². The van der Waals surface area contributed by atoms with E-state index in [1.165, 1.54) is 0 Å². The van der Waals surface area contributed by atoms with Crippen molar-refractivity contribution < 1.29 is 9.47 Å². The number of nitriles is 1. The Morgan fingerprint density at radius 2 is 1.87 bits per heavy atom. The number of hydrogen-bond acceptors (Lipinski definition) is 3. The Bertz CT molecular complexity index is 386. The summed E-state index contributed by atoms with van der Waals surface area (Å²) in [5.74, 6) is 1.04. The normalized spacial score (nSPS) is 10.6. The van der Waals surface area contributed by atoms with E-state index in [1.54, 1.807) is 13.4 Å². The molecule has 0 aromatic heterocycles. The molecule has 0 saturated carbocycles. The molecular weight excluding hydrogens is 190 g/mol. The van der Waals surface area contributed by atoms with Crippen molar-refractivity contribution in [3.63, 3.8) is 0 Å². The summed E-state index contributed by atoms with van der Waals surface area (Å²) in [5, 5.41) is 8.51. The van der Waals surface area contributed by atoms with Gasteiger partial charge in [0.2, 0.25) is 0 Å². The van der Waals surface area contributed by atoms with Crippen LogP contribution in [0.1, 0.15) is 26.3 Å². The van der Waals surface area contributed by atoms with Gasteiger partial charge in [-0.1, -0.05) is 26.8 Å². The van der Waals surface area contributed by atoms with Crippen LogP contribution >= 0.6 is 0 Å². The molecule has 0 aliphatic carbocycles. The predicted octanol–water partition coefficient (Wildman–Crippen LogP) is 2.85. The van der Waals surface area contributed by atoms with E-state index in [4.69, 9.17) is 14.7 Å². The molecule has 80 valence electrons. The molecule has 0 aliphatic rings. The molecule has 0 radical (unpaired) electrons. The van der Waals surface area contributed by atoms with Gasteiger partial charge in [0, 0.05) is 0 Å². The van der Waals surface area contributed by atoms with Gasteiger partial charge in [-0.25, -0.2) is 0 Å². The number of methoxy groups -OCH3 is 1. The van der Waals surface area contributed by atoms with Crippen LogP contribution in [0.5, 0.6) is 11.5 Å². The molecule has 0 fully saturated rings. The number of rotatable bonds is 2. The summed E-state index contributed by atoms with van der Waals surface area (Å²) in [5.41, 5.74) is 1.13. The smallest absolute Gasteiger partial charge is 0.292 e. The average molecular weight is 205 g/mol. The third-order valence-corrected chi connectivity index (χ3v) is 2.19. The van der Waals surface area contributed by atoms with E-state index in [-0.39, 0.29) is 5.41 Å². The van der Waals surface area contributed by atoms with E-state index in [9.17, 15) is 0 Å². The minimum Gasteiger partial charge on any atom is -0.493 e. The minimum atomic E-state index is 0.0276. The topological polar surface area (TPSA) is 42.2 Å². The van der Waals surface area contributed by atoms with Crippen molar-refractivity contribution in [1.29, 1.82) is 5.26 Å². The molecular formula is C12H15NO2. The van der Waals surface area contributed by atoms with Crippen LogP contribution in [0.3, 0.4) is 0 Å². The molecule has 0 unspecified atom stereocenters. The third-order valence-electron chi connectivity index (χ3n) is 2.19. The lowest BCUT2D eigenvalue weighted by Crippen LogP contribution is -2.11. The first-order chi connectivity index (χ1) is 6.99. The van der Waals surface area contributed by atoms with Crippen LogP contribution in [-0.2, 0) is 5.41 Å². The van der Waals surface area contributed by atoms with Crippen molar-refractivity contribution in [2.75, 3.05) is 7.11 Å². The largest absolute Gasteiger partial charge is 0.493 e. The van der Waals surface area contributed by atoms with E-state index in [0.29, 0.717) is 11.5 Å². The Labute approximate surface area is 90.2 Å². The Balaban J connectivity index is 3.17. The Morgan fingerprint density at radius 1 is 1.20 bits per heavy atom. The van der Waals surface area contributed by atoms with Gasteiger partial charge in [-0.3, -0.25) is 0 Å². The van der Waals surface area contributed by atoms with Crippen molar-refractivity contribution in [3.05, 3.63) is 23.8 Å². The Hall–Kier alpha value is -1.69. The zero-order valence-electron chi connectivity index (χ0n) is 9.50. The first kappa shape index (κ1) is 11.4. The van der Waals surface area contributed by atoms with E-state index < -0.39 is 0 Å². The maximum atomic E-state index is 8.51. The van der Waals surface area contributed by atoms with Gasteiger partial charge in [0.25, 0.3) is 6.26 Å². The van der Waals surface area contributed by atoms with Crippen LogP contribution in [0.4, 0.5) is 0 Å². The first-order valence-electron chi connectivity index (χ1n) is 4.73. The second-order valence-electron chi connectivity index (χ2n) is 4.31. The molecule has 1 aromatic rings. The third kappa shape index (κ3) is 2.63. The SMILES string of the molecule is COc1ccc(C(C)(C)C)cc1OC#N. The highest BCUT2D eigenvalue weighted by Crippen LogP contribution is 2.32. The van der Waals surface area contributed by atoms with Crippen molar-refractivity contribution in [1.82, 2.24) is 0 Å². The fourth-order valence-corrected chi connectivity index (χ4v) is 1.27. The van der Waals surface area contributed by atoms with Crippen LogP contribution < -0.4 is 9.47 Å². The van der Waals surface area contributed by atoms with Crippen LogP contribution in [0.25, 0.3) is 0 Å². The van der Waals surface area contributed by atoms with Crippen molar-refractivity contribution in [2.24, 2.45) is 0 Å². The maximum Gasteiger partial charge on any atom is 0.292 e. The molecule has 0 aliphatic heterocycles. The fourth-order valence-electron chi connectivity index (χ4n) is 1.27. The summed E-state index contributed by atoms with van der Waals surface area (Å²) < 4.78 is 9.93. The lowest BCUT2D eigenvalue weighted by molar-refractivity contribution is 0.383. The molecule has 0 spiro atoms. The van der Waals surface area contributed by atoms with Gasteiger partial charge in [-0.15, -0.1) is 5.26 Å². The molecule has 1 rings (SSSR count). The molecule has 1 aromatic carbocycles. The standard InChI is InChI=1S/C12H15NO2/c1-12(2,3)9-5-6-10(14-4)11(7-9)15-8-13/h5-7H,1-4H3. The number of hydrogen-bond donors (Lipinski definition) is 0. The van der Waals surface area contributed by atoms with Crippen molar-refractivity contribution >= 4 is 0 Å². The zero-order valence-corrected chi connectivity index (χ0v) is 9.50. The summed E-state index contributed by atoms with van der Waals surface area (Å²) in [7, 11) is 1.55. The van der Waals surface area contributed by atoms with Gasteiger partial charge in [0.05, 0.1) is 7.11 Å². The molecule has 0 saturated heterocycles. The molecule has 0 amide bonds. The Morgan fingerprint density at radius 3 is 2.33 bits per heavy atom. The van der Waals surface area contributed by atoms with Gasteiger partial charge >= 0.3 is 0 Å². The lowest BCUT2D eigenvalue weighted by atomic mass is 9.87. The summed E-state index contributed by atoms with van der Waals surface area (Å²) in [4.78, 5) is 0. The quantitative estimate of drug-likeness (QED) is 0.697. The summed E-state index contributed by atoms with van der Waals surface area (Å²) in [6, 6.07) is 5.62. The highest BCUT2D eigenvalue weighted by molar-refractivity contribution is 5.45. The number of nitrogens with zero attached hydrogens (tertiary/aromatic N) is 1. The van der Waals surface area contributed by atoms with E-state index >= 15 is 0 Å². The van der Waals surface area contributed by atoms with E-state index in [0.717, 1.165) is 5.56 Å². The minimum absolute atomic E-state index is 0.0276. The molecule has 0 atom stereocenters. The van der Waals surface area contributed by atoms with Gasteiger partial charge in [-0.2, -0.15) is 0 Å². The lowest BCUT2D eigenvalue weighted by Gasteiger charge is -2.20. The van der Waals surface area contributed by atoms with E-state index in [1.807, 2.05) is 18.2 Å². The predicted molar refractivity (Wildman–Crippen MR) is 57.9 cm³/mol. The molecule has 0 bridgehead atoms. The second-order valence-corrected chi connectivity index (χ2v) is 4.31. The van der Waals surface area contributed by atoms with Crippen molar-refractivity contribution in [3.8, 4) is 17.8 Å². The molecule has 3 heteroatoms. The molecule has 0 N–H and O–H groups in total. The van der Waals surface area contributed by atoms with Gasteiger partial charge < -0.3 is 9.47 Å². The highest BCUT2D eigenvalue weighted by atomic mass is 16.5. The summed E-state index contributed by atoms with van der Waals surface area (Å²) in [6.45, 7) is 6.31. The van der Waals surface area contributed by atoms with Crippen LogP contribution in [0, 0.1) is 11.5 Å². The first-order valence-corrected chi connectivity index (χ1v) is 4.73. The maximum absolute atomic E-state index is 8.51. The average Bonchev–Trinajstić information content (AvgIpc) is 2.17. The fraction of sp³-hybridized carbons (Fsp3) is 0.417. The van der Waals surface area contributed by atoms with Crippen molar-refractivity contribution in [2.45, 2.75) is 26.2 Å². The zero-order chi connectivity index (χ0) is 11.5. The summed E-state index contributed by atoms with van der Waals surface area (Å²) >= 11 is 0. The second kappa shape index (κ2) is 4.22. The monoisotopic (exact) mass is 205 g/mol. The van der Waals surface area contributed by atoms with E-state index in [2.05, 4.69) is 20.8 Å². The molecule has 3 nitrogen and oxygen atoms in total. The summed E-state index contributed by atoms with van der Waals surface area (Å²) in [6.07, 6.45) is 1.66. The van der Waals surface area contributed by atoms with Crippen LogP contribution in [0.2, 0.25) is 0 Å². The van der Waals surface area contributed by atoms with Gasteiger partial charge in [0.1, 0.15) is 0 Å². The number of ether oxygens (including phenoxy) is 2. The molecule has 15 heavy (non-hydrogen) atoms. The van der Waals surface area contributed by atoms with Gasteiger partial charge in [-0.05, 0) is 23.1 Å². The number of benzene rings is 1.